The zero-order chi connectivity index (χ0) is 26.5. The number of allylic oxidation sites excluding steroid dienone is 5. The highest BCUT2D eigenvalue weighted by molar-refractivity contribution is 6.96. The van der Waals surface area contributed by atoms with Crippen LogP contribution >= 0.6 is 0 Å². The second-order valence-electron chi connectivity index (χ2n) is 11.7. The number of anilines is 2. The van der Waals surface area contributed by atoms with Crippen LogP contribution in [0.2, 0.25) is 5.82 Å². The van der Waals surface area contributed by atoms with Gasteiger partial charge in [0.1, 0.15) is 0 Å². The molecule has 3 heteroatoms. The summed E-state index contributed by atoms with van der Waals surface area (Å²) in [6.07, 6.45) is 6.67. The monoisotopic (exact) mass is 502 g/mol. The molecule has 0 N–H and O–H groups in total. The Morgan fingerprint density at radius 1 is 0.821 bits per heavy atom. The Balaban J connectivity index is 1.58. The first kappa shape index (κ1) is 22.7. The van der Waals surface area contributed by atoms with Crippen molar-refractivity contribution in [2.75, 3.05) is 4.90 Å². The van der Waals surface area contributed by atoms with E-state index in [1.54, 1.807) is 0 Å². The Kier molecular flexibility index (Phi) is 4.60. The minimum atomic E-state index is -0.0994. The van der Waals surface area contributed by atoms with Gasteiger partial charge in [0.2, 0.25) is 6.71 Å². The fourth-order valence-corrected chi connectivity index (χ4v) is 7.82. The van der Waals surface area contributed by atoms with Gasteiger partial charge >= 0.3 is 0 Å². The maximum absolute atomic E-state index is 2.63. The van der Waals surface area contributed by atoms with Crippen LogP contribution in [-0.4, -0.2) is 11.3 Å². The van der Waals surface area contributed by atoms with Crippen LogP contribution in [0.1, 0.15) is 38.8 Å². The van der Waals surface area contributed by atoms with Crippen LogP contribution in [0.3, 0.4) is 0 Å². The van der Waals surface area contributed by atoms with Crippen LogP contribution in [0.25, 0.3) is 33.0 Å². The topological polar surface area (TPSA) is 8.17 Å². The molecule has 3 heterocycles. The third-order valence-electron chi connectivity index (χ3n) is 9.38. The van der Waals surface area contributed by atoms with Crippen LogP contribution in [0.15, 0.2) is 115 Å². The van der Waals surface area contributed by atoms with Crippen LogP contribution in [0.4, 0.5) is 11.4 Å². The molecule has 8 rings (SSSR count). The normalized spacial score (nSPS) is 20.0. The average Bonchev–Trinajstić information content (AvgIpc) is 3.42. The SMILES string of the molecule is C/C=C\C=C1/C(C)B2C3=C(n4c5ccccc5c5ccc(c2c54)N1c1ccccc1)C(C)(C)c1ccccc13. The van der Waals surface area contributed by atoms with Gasteiger partial charge in [0, 0.05) is 39.0 Å². The highest BCUT2D eigenvalue weighted by atomic mass is 15.2. The van der Waals surface area contributed by atoms with E-state index in [-0.39, 0.29) is 12.1 Å². The van der Waals surface area contributed by atoms with Gasteiger partial charge in [-0.25, -0.2) is 0 Å². The van der Waals surface area contributed by atoms with Crippen LogP contribution < -0.4 is 10.4 Å². The molecule has 5 aromatic rings. The highest BCUT2D eigenvalue weighted by Crippen LogP contribution is 2.57. The number of para-hydroxylation sites is 2. The maximum Gasteiger partial charge on any atom is 0.226 e. The number of hydrogen-bond acceptors (Lipinski definition) is 1. The molecule has 188 valence electrons. The molecule has 0 amide bonds. The second kappa shape index (κ2) is 7.89. The number of hydrogen-bond donors (Lipinski definition) is 0. The Labute approximate surface area is 230 Å². The van der Waals surface area contributed by atoms with E-state index in [0.29, 0.717) is 5.82 Å². The molecule has 1 atom stereocenters. The van der Waals surface area contributed by atoms with Crippen LogP contribution in [0, 0.1) is 0 Å². The molecule has 1 aromatic heterocycles. The van der Waals surface area contributed by atoms with Crippen LogP contribution in [0.5, 0.6) is 0 Å². The summed E-state index contributed by atoms with van der Waals surface area (Å²) in [7, 11) is 0. The molecule has 39 heavy (non-hydrogen) atoms. The molecule has 0 radical (unpaired) electrons. The van der Waals surface area contributed by atoms with Crippen LogP contribution in [-0.2, 0) is 5.41 Å². The van der Waals surface area contributed by atoms with Gasteiger partial charge in [-0.2, -0.15) is 0 Å². The summed E-state index contributed by atoms with van der Waals surface area (Å²) in [6, 6.07) is 33.7. The van der Waals surface area contributed by atoms with Crippen molar-refractivity contribution >= 4 is 56.5 Å². The number of aromatic nitrogens is 1. The first-order valence-corrected chi connectivity index (χ1v) is 14.1. The largest absolute Gasteiger partial charge is 0.315 e. The molecule has 1 aliphatic carbocycles. The van der Waals surface area contributed by atoms with E-state index in [0.717, 1.165) is 0 Å². The van der Waals surface area contributed by atoms with Gasteiger partial charge in [-0.1, -0.05) is 99.7 Å². The zero-order valence-electron chi connectivity index (χ0n) is 22.9. The van der Waals surface area contributed by atoms with Gasteiger partial charge in [0.05, 0.1) is 11.0 Å². The summed E-state index contributed by atoms with van der Waals surface area (Å²) in [5.41, 5.74) is 13.7. The lowest BCUT2D eigenvalue weighted by Crippen LogP contribution is -2.49. The molecule has 0 spiro atoms. The van der Waals surface area contributed by atoms with Gasteiger partial charge < -0.3 is 9.47 Å². The molecule has 2 aliphatic heterocycles. The smallest absolute Gasteiger partial charge is 0.226 e. The van der Waals surface area contributed by atoms with E-state index in [1.807, 2.05) is 0 Å². The maximum atomic E-state index is 2.63. The lowest BCUT2D eigenvalue weighted by atomic mass is 9.29. The molecule has 0 saturated heterocycles. The fourth-order valence-electron chi connectivity index (χ4n) is 7.82. The van der Waals surface area contributed by atoms with Crippen molar-refractivity contribution in [1.29, 1.82) is 0 Å². The van der Waals surface area contributed by atoms with Crippen molar-refractivity contribution in [2.24, 2.45) is 0 Å². The molecule has 2 nitrogen and oxygen atoms in total. The van der Waals surface area contributed by atoms with Crippen molar-refractivity contribution in [3.8, 4) is 0 Å². The first-order chi connectivity index (χ1) is 19.0. The Morgan fingerprint density at radius 2 is 1.56 bits per heavy atom. The highest BCUT2D eigenvalue weighted by Gasteiger charge is 2.52. The summed E-state index contributed by atoms with van der Waals surface area (Å²) in [5.74, 6) is 0.290. The van der Waals surface area contributed by atoms with Crippen molar-refractivity contribution in [3.05, 3.63) is 126 Å². The Hall–Kier alpha value is -4.24. The fraction of sp³-hybridized carbons (Fsp3) is 0.167. The third-order valence-corrected chi connectivity index (χ3v) is 9.38. The predicted octanol–water partition coefficient (Wildman–Crippen LogP) is 8.71. The number of nitrogens with zero attached hydrogens (tertiary/aromatic N) is 2. The number of fused-ring (bicyclic) bond motifs is 7. The van der Waals surface area contributed by atoms with Gasteiger partial charge in [-0.3, -0.25) is 0 Å². The molecular weight excluding hydrogens is 471 g/mol. The van der Waals surface area contributed by atoms with Crippen molar-refractivity contribution < 1.29 is 0 Å². The number of rotatable bonds is 2. The van der Waals surface area contributed by atoms with E-state index in [2.05, 4.69) is 146 Å². The van der Waals surface area contributed by atoms with E-state index in [1.165, 1.54) is 66.6 Å². The molecular formula is C36H31BN2. The summed E-state index contributed by atoms with van der Waals surface area (Å²) in [4.78, 5) is 2.51. The summed E-state index contributed by atoms with van der Waals surface area (Å²) in [6.45, 7) is 9.65. The van der Waals surface area contributed by atoms with Gasteiger partial charge in [0.25, 0.3) is 0 Å². The summed E-state index contributed by atoms with van der Waals surface area (Å²) in [5, 5.41) is 2.69. The van der Waals surface area contributed by atoms with E-state index < -0.39 is 0 Å². The molecule has 0 fully saturated rings. The minimum Gasteiger partial charge on any atom is -0.315 e. The van der Waals surface area contributed by atoms with Crippen molar-refractivity contribution in [2.45, 2.75) is 38.9 Å². The van der Waals surface area contributed by atoms with Gasteiger partial charge in [-0.05, 0) is 65.1 Å². The second-order valence-corrected chi connectivity index (χ2v) is 11.7. The van der Waals surface area contributed by atoms with Gasteiger partial charge in [-0.15, -0.1) is 0 Å². The quantitative estimate of drug-likeness (QED) is 0.219. The molecule has 3 aliphatic rings. The average molecular weight is 502 g/mol. The molecule has 0 saturated carbocycles. The molecule has 1 unspecified atom stereocenters. The molecule has 0 bridgehead atoms. The minimum absolute atomic E-state index is 0.0994. The van der Waals surface area contributed by atoms with Crippen molar-refractivity contribution in [1.82, 2.24) is 4.57 Å². The number of benzene rings is 4. The van der Waals surface area contributed by atoms with Gasteiger partial charge in [0.15, 0.2) is 0 Å². The van der Waals surface area contributed by atoms with E-state index >= 15 is 0 Å². The standard InChI is InChI=1S/C36H31BN2/c1-5-6-19-29-23(2)37-32-27-17-10-12-18-28(27)36(3,4)35(32)39-30-20-13-11-16-25(30)26-21-22-31(33(37)34(26)39)38(29)24-14-8-7-9-15-24/h5-23H,1-4H3/b6-5-,29-19+. The zero-order valence-corrected chi connectivity index (χ0v) is 22.9. The summed E-state index contributed by atoms with van der Waals surface area (Å²) < 4.78 is 2.63. The van der Waals surface area contributed by atoms with E-state index in [4.69, 9.17) is 0 Å². The lowest BCUT2D eigenvalue weighted by Gasteiger charge is -2.44. The Bertz CT molecular complexity index is 1920. The lowest BCUT2D eigenvalue weighted by molar-refractivity contribution is 0.676. The third kappa shape index (κ3) is 2.78. The van der Waals surface area contributed by atoms with Crippen molar-refractivity contribution in [3.63, 3.8) is 0 Å². The Morgan fingerprint density at radius 3 is 2.38 bits per heavy atom. The molecule has 4 aromatic carbocycles. The first-order valence-electron chi connectivity index (χ1n) is 14.1. The van der Waals surface area contributed by atoms with E-state index in [9.17, 15) is 0 Å². The predicted molar refractivity (Wildman–Crippen MR) is 168 cm³/mol. The summed E-state index contributed by atoms with van der Waals surface area (Å²) >= 11 is 0.